The van der Waals surface area contributed by atoms with Gasteiger partial charge in [0.15, 0.2) is 0 Å². The molecule has 4 rings (SSSR count). The molecule has 2 saturated heterocycles. The summed E-state index contributed by atoms with van der Waals surface area (Å²) in [6.45, 7) is 14.8. The summed E-state index contributed by atoms with van der Waals surface area (Å²) in [5, 5.41) is 8.55. The molecule has 31 heavy (non-hydrogen) atoms. The molecular formula is C22H36N8O. The maximum absolute atomic E-state index is 5.55. The van der Waals surface area contributed by atoms with Crippen molar-refractivity contribution in [3.05, 3.63) is 29.7 Å². The number of aromatic nitrogens is 4. The van der Waals surface area contributed by atoms with Crippen molar-refractivity contribution >= 4 is 11.8 Å². The van der Waals surface area contributed by atoms with Crippen LogP contribution in [0.3, 0.4) is 0 Å². The Balaban J connectivity index is 1.29. The third-order valence-corrected chi connectivity index (χ3v) is 6.11. The SMILES string of the molecule is CC(C)c1nn(C)c(N2CCOCC2)c1CNCCN1CCN(c2ncccn2)CC1. The molecule has 2 fully saturated rings. The molecule has 170 valence electrons. The predicted molar refractivity (Wildman–Crippen MR) is 123 cm³/mol. The number of aryl methyl sites for hydroxylation is 1. The molecule has 0 amide bonds. The Bertz CT molecular complexity index is 810. The highest BCUT2D eigenvalue weighted by Crippen LogP contribution is 2.28. The highest BCUT2D eigenvalue weighted by Gasteiger charge is 2.24. The normalized spacial score (nSPS) is 18.2. The summed E-state index contributed by atoms with van der Waals surface area (Å²) in [7, 11) is 2.07. The fourth-order valence-electron chi connectivity index (χ4n) is 4.46. The number of morpholine rings is 1. The summed E-state index contributed by atoms with van der Waals surface area (Å²) < 4.78 is 7.61. The molecule has 4 heterocycles. The molecule has 0 spiro atoms. The average Bonchev–Trinajstić information content (AvgIpc) is 3.14. The molecule has 1 N–H and O–H groups in total. The van der Waals surface area contributed by atoms with Crippen molar-refractivity contribution in [2.24, 2.45) is 7.05 Å². The van der Waals surface area contributed by atoms with Gasteiger partial charge in [-0.25, -0.2) is 9.97 Å². The van der Waals surface area contributed by atoms with Crippen LogP contribution in [0.2, 0.25) is 0 Å². The first-order valence-corrected chi connectivity index (χ1v) is 11.5. The lowest BCUT2D eigenvalue weighted by atomic mass is 10.0. The molecule has 0 aromatic carbocycles. The number of rotatable bonds is 8. The number of nitrogens with zero attached hydrogens (tertiary/aromatic N) is 7. The summed E-state index contributed by atoms with van der Waals surface area (Å²) in [5.74, 6) is 2.50. The second-order valence-corrected chi connectivity index (χ2v) is 8.62. The Kier molecular flexibility index (Phi) is 7.37. The van der Waals surface area contributed by atoms with Crippen molar-refractivity contribution < 1.29 is 4.74 Å². The second kappa shape index (κ2) is 10.4. The van der Waals surface area contributed by atoms with Crippen molar-refractivity contribution in [3.8, 4) is 0 Å². The van der Waals surface area contributed by atoms with Crippen LogP contribution in [-0.4, -0.2) is 90.2 Å². The molecular weight excluding hydrogens is 392 g/mol. The molecule has 0 bridgehead atoms. The quantitative estimate of drug-likeness (QED) is 0.626. The van der Waals surface area contributed by atoms with Gasteiger partial charge in [-0.2, -0.15) is 5.10 Å². The van der Waals surface area contributed by atoms with Crippen molar-refractivity contribution in [2.75, 3.05) is 75.4 Å². The number of nitrogens with one attached hydrogen (secondary N) is 1. The van der Waals surface area contributed by atoms with Crippen molar-refractivity contribution in [3.63, 3.8) is 0 Å². The molecule has 0 unspecified atom stereocenters. The predicted octanol–water partition coefficient (Wildman–Crippen LogP) is 1.08. The van der Waals surface area contributed by atoms with E-state index in [1.54, 1.807) is 0 Å². The van der Waals surface area contributed by atoms with Gasteiger partial charge in [-0.3, -0.25) is 9.58 Å². The van der Waals surface area contributed by atoms with Crippen LogP contribution in [0.4, 0.5) is 11.8 Å². The topological polar surface area (TPSA) is 74.6 Å². The zero-order valence-electron chi connectivity index (χ0n) is 19.1. The molecule has 0 atom stereocenters. The van der Waals surface area contributed by atoms with E-state index in [0.717, 1.165) is 78.1 Å². The van der Waals surface area contributed by atoms with E-state index in [2.05, 4.69) is 55.6 Å². The van der Waals surface area contributed by atoms with E-state index in [0.29, 0.717) is 5.92 Å². The Morgan fingerprint density at radius 3 is 2.39 bits per heavy atom. The monoisotopic (exact) mass is 428 g/mol. The van der Waals surface area contributed by atoms with Crippen LogP contribution < -0.4 is 15.1 Å². The lowest BCUT2D eigenvalue weighted by molar-refractivity contribution is 0.122. The second-order valence-electron chi connectivity index (χ2n) is 8.62. The van der Waals surface area contributed by atoms with Crippen LogP contribution in [0.1, 0.15) is 31.0 Å². The minimum atomic E-state index is 0.408. The fraction of sp³-hybridized carbons (Fsp3) is 0.682. The molecule has 2 aromatic rings. The van der Waals surface area contributed by atoms with E-state index in [9.17, 15) is 0 Å². The van der Waals surface area contributed by atoms with E-state index in [-0.39, 0.29) is 0 Å². The van der Waals surface area contributed by atoms with Crippen molar-refractivity contribution in [1.82, 2.24) is 30.0 Å². The lowest BCUT2D eigenvalue weighted by Crippen LogP contribution is -2.48. The molecule has 2 aliphatic rings. The molecule has 2 aliphatic heterocycles. The summed E-state index contributed by atoms with van der Waals surface area (Å²) in [5.41, 5.74) is 2.54. The number of ether oxygens (including phenoxy) is 1. The largest absolute Gasteiger partial charge is 0.378 e. The Morgan fingerprint density at radius 1 is 1.00 bits per heavy atom. The molecule has 0 radical (unpaired) electrons. The summed E-state index contributed by atoms with van der Waals surface area (Å²) in [4.78, 5) is 15.9. The van der Waals surface area contributed by atoms with Crippen molar-refractivity contribution in [1.29, 1.82) is 0 Å². The van der Waals surface area contributed by atoms with E-state index in [1.807, 2.05) is 18.5 Å². The van der Waals surface area contributed by atoms with Crippen LogP contribution in [0.25, 0.3) is 0 Å². The number of piperazine rings is 1. The molecule has 0 saturated carbocycles. The Morgan fingerprint density at radius 2 is 1.71 bits per heavy atom. The number of anilines is 2. The third-order valence-electron chi connectivity index (χ3n) is 6.11. The van der Waals surface area contributed by atoms with Crippen LogP contribution in [0.15, 0.2) is 18.5 Å². The van der Waals surface area contributed by atoms with Crippen molar-refractivity contribution in [2.45, 2.75) is 26.3 Å². The van der Waals surface area contributed by atoms with Gasteiger partial charge in [0.05, 0.1) is 18.9 Å². The lowest BCUT2D eigenvalue weighted by Gasteiger charge is -2.34. The van der Waals surface area contributed by atoms with Crippen LogP contribution in [0, 0.1) is 0 Å². The maximum atomic E-state index is 5.55. The van der Waals surface area contributed by atoms with Gasteiger partial charge in [0, 0.05) is 83.9 Å². The Hall–Kier alpha value is -2.23. The minimum Gasteiger partial charge on any atom is -0.378 e. The van der Waals surface area contributed by atoms with Gasteiger partial charge >= 0.3 is 0 Å². The molecule has 0 aliphatic carbocycles. The summed E-state index contributed by atoms with van der Waals surface area (Å²) >= 11 is 0. The smallest absolute Gasteiger partial charge is 0.225 e. The highest BCUT2D eigenvalue weighted by molar-refractivity contribution is 5.51. The van der Waals surface area contributed by atoms with E-state index >= 15 is 0 Å². The van der Waals surface area contributed by atoms with Crippen LogP contribution >= 0.6 is 0 Å². The van der Waals surface area contributed by atoms with E-state index in [1.165, 1.54) is 17.1 Å². The number of hydrogen-bond donors (Lipinski definition) is 1. The van der Waals surface area contributed by atoms with E-state index in [4.69, 9.17) is 9.84 Å². The first kappa shape index (κ1) is 22.0. The van der Waals surface area contributed by atoms with Gasteiger partial charge in [0.25, 0.3) is 0 Å². The standard InChI is InChI=1S/C22H36N8O/c1-18(2)20-19(21(27(3)26-20)29-13-15-31-16-14-29)17-23-7-8-28-9-11-30(12-10-28)22-24-5-4-6-25-22/h4-6,18,23H,7-17H2,1-3H3. The van der Waals surface area contributed by atoms with Gasteiger partial charge < -0.3 is 19.9 Å². The summed E-state index contributed by atoms with van der Waals surface area (Å²) in [6, 6.07) is 1.86. The average molecular weight is 429 g/mol. The molecule has 9 nitrogen and oxygen atoms in total. The van der Waals surface area contributed by atoms with E-state index < -0.39 is 0 Å². The zero-order chi connectivity index (χ0) is 21.6. The Labute approximate surface area is 185 Å². The van der Waals surface area contributed by atoms with Gasteiger partial charge in [-0.05, 0) is 12.0 Å². The van der Waals surface area contributed by atoms with Gasteiger partial charge in [0.2, 0.25) is 5.95 Å². The van der Waals surface area contributed by atoms with Gasteiger partial charge in [-0.1, -0.05) is 13.8 Å². The van der Waals surface area contributed by atoms with Gasteiger partial charge in [0.1, 0.15) is 5.82 Å². The zero-order valence-corrected chi connectivity index (χ0v) is 19.1. The molecule has 2 aromatic heterocycles. The molecule has 9 heteroatoms. The fourth-order valence-corrected chi connectivity index (χ4v) is 4.46. The first-order valence-electron chi connectivity index (χ1n) is 11.5. The minimum absolute atomic E-state index is 0.408. The first-order chi connectivity index (χ1) is 15.1. The number of hydrogen-bond acceptors (Lipinski definition) is 8. The summed E-state index contributed by atoms with van der Waals surface area (Å²) in [6.07, 6.45) is 3.63. The maximum Gasteiger partial charge on any atom is 0.225 e. The van der Waals surface area contributed by atoms with Crippen LogP contribution in [-0.2, 0) is 18.3 Å². The third kappa shape index (κ3) is 5.34. The van der Waals surface area contributed by atoms with Crippen LogP contribution in [0.5, 0.6) is 0 Å². The van der Waals surface area contributed by atoms with Gasteiger partial charge in [-0.15, -0.1) is 0 Å². The highest BCUT2D eigenvalue weighted by atomic mass is 16.5.